The first kappa shape index (κ1) is 9.45. The molecule has 0 heterocycles. The maximum atomic E-state index is 10.5. The zero-order valence-corrected chi connectivity index (χ0v) is 7.32. The summed E-state index contributed by atoms with van der Waals surface area (Å²) in [6.45, 7) is 2.36. The number of carbonyl (C=O) groups excluding carboxylic acids is 2. The smallest absolute Gasteiger partial charge is 0.150 e. The number of aldehydes is 2. The summed E-state index contributed by atoms with van der Waals surface area (Å²) < 4.78 is 5.17. The van der Waals surface area contributed by atoms with Gasteiger partial charge in [-0.15, -0.1) is 0 Å². The summed E-state index contributed by atoms with van der Waals surface area (Å²) in [5.41, 5.74) is 0.904. The number of ether oxygens (including phenoxy) is 1. The van der Waals surface area contributed by atoms with Crippen LogP contribution in [0, 0.1) is 0 Å². The molecule has 0 aromatic heterocycles. The first-order valence-electron chi connectivity index (χ1n) is 3.98. The maximum Gasteiger partial charge on any atom is 0.150 e. The van der Waals surface area contributed by atoms with E-state index in [1.807, 2.05) is 6.92 Å². The summed E-state index contributed by atoms with van der Waals surface area (Å²) in [4.78, 5) is 20.9. The molecule has 0 radical (unpaired) electrons. The van der Waals surface area contributed by atoms with Crippen LogP contribution in [0.4, 0.5) is 0 Å². The molecule has 1 aromatic rings. The van der Waals surface area contributed by atoms with Gasteiger partial charge >= 0.3 is 0 Å². The van der Waals surface area contributed by atoms with Crippen LogP contribution in [0.15, 0.2) is 18.2 Å². The summed E-state index contributed by atoms with van der Waals surface area (Å²) in [6, 6.07) is 4.72. The molecule has 0 spiro atoms. The highest BCUT2D eigenvalue weighted by Gasteiger charge is 1.99. The minimum atomic E-state index is 0.452. The molecule has 68 valence electrons. The molecule has 0 N–H and O–H groups in total. The third kappa shape index (κ3) is 2.40. The highest BCUT2D eigenvalue weighted by molar-refractivity contribution is 5.83. The Balaban J connectivity index is 3.06. The van der Waals surface area contributed by atoms with Crippen molar-refractivity contribution in [3.63, 3.8) is 0 Å². The van der Waals surface area contributed by atoms with Gasteiger partial charge in [0.2, 0.25) is 0 Å². The summed E-state index contributed by atoms with van der Waals surface area (Å²) in [5, 5.41) is 0. The zero-order chi connectivity index (χ0) is 9.68. The second kappa shape index (κ2) is 4.40. The minimum absolute atomic E-state index is 0.452. The minimum Gasteiger partial charge on any atom is -0.494 e. The molecular formula is C10H10O3. The topological polar surface area (TPSA) is 43.4 Å². The third-order valence-corrected chi connectivity index (χ3v) is 1.53. The maximum absolute atomic E-state index is 10.5. The van der Waals surface area contributed by atoms with Crippen LogP contribution in [-0.4, -0.2) is 19.2 Å². The molecule has 0 unspecified atom stereocenters. The average Bonchev–Trinajstić information content (AvgIpc) is 2.17. The van der Waals surface area contributed by atoms with E-state index in [4.69, 9.17) is 4.74 Å². The Morgan fingerprint density at radius 3 is 2.08 bits per heavy atom. The number of hydrogen-bond acceptors (Lipinski definition) is 3. The molecule has 0 atom stereocenters. The van der Waals surface area contributed by atoms with Crippen molar-refractivity contribution in [1.82, 2.24) is 0 Å². The lowest BCUT2D eigenvalue weighted by Gasteiger charge is -2.03. The fourth-order valence-electron chi connectivity index (χ4n) is 1.03. The molecule has 3 heteroatoms. The van der Waals surface area contributed by atoms with Crippen molar-refractivity contribution < 1.29 is 14.3 Å². The molecule has 0 aliphatic rings. The van der Waals surface area contributed by atoms with E-state index in [2.05, 4.69) is 0 Å². The van der Waals surface area contributed by atoms with Gasteiger partial charge in [-0.05, 0) is 25.1 Å². The Morgan fingerprint density at radius 1 is 1.15 bits per heavy atom. The van der Waals surface area contributed by atoms with Gasteiger partial charge in [-0.25, -0.2) is 0 Å². The lowest BCUT2D eigenvalue weighted by Crippen LogP contribution is -1.94. The van der Waals surface area contributed by atoms with Crippen LogP contribution < -0.4 is 4.74 Å². The average molecular weight is 178 g/mol. The largest absolute Gasteiger partial charge is 0.494 e. The van der Waals surface area contributed by atoms with Crippen LogP contribution in [0.3, 0.4) is 0 Å². The van der Waals surface area contributed by atoms with Crippen LogP contribution >= 0.6 is 0 Å². The Morgan fingerprint density at radius 2 is 1.69 bits per heavy atom. The normalized spacial score (nSPS) is 9.31. The van der Waals surface area contributed by atoms with Gasteiger partial charge in [0.1, 0.15) is 18.3 Å². The predicted molar refractivity (Wildman–Crippen MR) is 48.4 cm³/mol. The van der Waals surface area contributed by atoms with E-state index in [0.29, 0.717) is 36.1 Å². The van der Waals surface area contributed by atoms with Gasteiger partial charge in [0.05, 0.1) is 6.61 Å². The van der Waals surface area contributed by atoms with Crippen LogP contribution in [0.5, 0.6) is 5.75 Å². The number of carbonyl (C=O) groups is 2. The number of hydrogen-bond donors (Lipinski definition) is 0. The first-order valence-corrected chi connectivity index (χ1v) is 3.98. The SMILES string of the molecule is CCOc1cc(C=O)cc(C=O)c1. The van der Waals surface area contributed by atoms with Crippen LogP contribution in [0.2, 0.25) is 0 Å². The fourth-order valence-corrected chi connectivity index (χ4v) is 1.03. The van der Waals surface area contributed by atoms with Crippen molar-refractivity contribution in [2.24, 2.45) is 0 Å². The van der Waals surface area contributed by atoms with E-state index in [1.165, 1.54) is 6.07 Å². The summed E-state index contributed by atoms with van der Waals surface area (Å²) in [6.07, 6.45) is 1.38. The standard InChI is InChI=1S/C10H10O3/c1-2-13-10-4-8(6-11)3-9(5-10)7-12/h3-7H,2H2,1H3. The van der Waals surface area contributed by atoms with Gasteiger partial charge in [0.25, 0.3) is 0 Å². The molecule has 0 aliphatic heterocycles. The molecule has 0 fully saturated rings. The molecule has 0 aliphatic carbocycles. The van der Waals surface area contributed by atoms with Crippen LogP contribution in [-0.2, 0) is 0 Å². The van der Waals surface area contributed by atoms with Gasteiger partial charge in [-0.3, -0.25) is 9.59 Å². The Hall–Kier alpha value is -1.64. The molecule has 0 bridgehead atoms. The zero-order valence-electron chi connectivity index (χ0n) is 7.32. The van der Waals surface area contributed by atoms with Crippen LogP contribution in [0.25, 0.3) is 0 Å². The second-order valence-electron chi connectivity index (χ2n) is 2.50. The van der Waals surface area contributed by atoms with E-state index in [1.54, 1.807) is 12.1 Å². The van der Waals surface area contributed by atoms with Gasteiger partial charge in [-0.1, -0.05) is 0 Å². The molecule has 0 saturated heterocycles. The molecule has 13 heavy (non-hydrogen) atoms. The third-order valence-electron chi connectivity index (χ3n) is 1.53. The van der Waals surface area contributed by atoms with Crippen molar-refractivity contribution in [3.05, 3.63) is 29.3 Å². The molecule has 0 saturated carbocycles. The predicted octanol–water partition coefficient (Wildman–Crippen LogP) is 1.71. The van der Waals surface area contributed by atoms with Crippen molar-refractivity contribution in [2.45, 2.75) is 6.92 Å². The first-order chi connectivity index (χ1) is 6.30. The molecule has 1 aromatic carbocycles. The van der Waals surface area contributed by atoms with Gasteiger partial charge in [-0.2, -0.15) is 0 Å². The highest BCUT2D eigenvalue weighted by Crippen LogP contribution is 2.15. The molecular weight excluding hydrogens is 168 g/mol. The monoisotopic (exact) mass is 178 g/mol. The van der Waals surface area contributed by atoms with E-state index >= 15 is 0 Å². The molecule has 0 amide bonds. The van der Waals surface area contributed by atoms with Crippen molar-refractivity contribution in [2.75, 3.05) is 6.61 Å². The lowest BCUT2D eigenvalue weighted by atomic mass is 10.1. The fraction of sp³-hybridized carbons (Fsp3) is 0.200. The van der Waals surface area contributed by atoms with Crippen LogP contribution in [0.1, 0.15) is 27.6 Å². The van der Waals surface area contributed by atoms with Gasteiger partial charge < -0.3 is 4.74 Å². The summed E-state index contributed by atoms with van der Waals surface area (Å²) in [7, 11) is 0. The van der Waals surface area contributed by atoms with Crippen molar-refractivity contribution in [3.8, 4) is 5.75 Å². The summed E-state index contributed by atoms with van der Waals surface area (Å²) >= 11 is 0. The van der Waals surface area contributed by atoms with Gasteiger partial charge in [0.15, 0.2) is 0 Å². The quantitative estimate of drug-likeness (QED) is 0.659. The van der Waals surface area contributed by atoms with E-state index in [-0.39, 0.29) is 0 Å². The Labute approximate surface area is 76.3 Å². The van der Waals surface area contributed by atoms with E-state index in [0.717, 1.165) is 0 Å². The number of rotatable bonds is 4. The Bertz CT molecular complexity index is 292. The second-order valence-corrected chi connectivity index (χ2v) is 2.50. The summed E-state index contributed by atoms with van der Waals surface area (Å²) in [5.74, 6) is 0.550. The van der Waals surface area contributed by atoms with E-state index < -0.39 is 0 Å². The van der Waals surface area contributed by atoms with Gasteiger partial charge in [0, 0.05) is 11.1 Å². The van der Waals surface area contributed by atoms with E-state index in [9.17, 15) is 9.59 Å². The highest BCUT2D eigenvalue weighted by atomic mass is 16.5. The number of benzene rings is 1. The van der Waals surface area contributed by atoms with Crippen molar-refractivity contribution in [1.29, 1.82) is 0 Å². The Kier molecular flexibility index (Phi) is 3.20. The molecule has 3 nitrogen and oxygen atoms in total. The van der Waals surface area contributed by atoms with Crippen molar-refractivity contribution >= 4 is 12.6 Å². The lowest BCUT2D eigenvalue weighted by molar-refractivity contribution is 0.112. The molecule has 1 rings (SSSR count).